The van der Waals surface area contributed by atoms with Crippen molar-refractivity contribution in [2.45, 2.75) is 71.3 Å². The minimum atomic E-state index is -1.17. The van der Waals surface area contributed by atoms with Gasteiger partial charge in [-0.2, -0.15) is 0 Å². The van der Waals surface area contributed by atoms with Crippen molar-refractivity contribution >= 4 is 23.0 Å². The van der Waals surface area contributed by atoms with Gasteiger partial charge < -0.3 is 9.26 Å². The number of carbonyl (C=O) groups excluding carboxylic acids is 1. The molecule has 1 aliphatic heterocycles. The molecule has 0 unspecified atom stereocenters. The first kappa shape index (κ1) is 26.7. The molecule has 8 nitrogen and oxygen atoms in total. The number of aryl methyl sites for hydroxylation is 3. The third-order valence-corrected chi connectivity index (χ3v) is 7.04. The van der Waals surface area contributed by atoms with Gasteiger partial charge in [0.1, 0.15) is 28.8 Å². The molecule has 1 amide bonds. The number of nitrogens with zero attached hydrogens (tertiary/aromatic N) is 4. The smallest absolute Gasteiger partial charge is 0.413 e. The van der Waals surface area contributed by atoms with E-state index in [-0.39, 0.29) is 21.5 Å². The fraction of sp³-hybridized carbons (Fsp3) is 0.423. The first-order valence-electron chi connectivity index (χ1n) is 11.7. The Hall–Kier alpha value is -3.34. The second kappa shape index (κ2) is 9.85. The zero-order chi connectivity index (χ0) is 27.1. The van der Waals surface area contributed by atoms with Gasteiger partial charge in [0.2, 0.25) is 0 Å². The quantitative estimate of drug-likeness (QED) is 0.424. The number of amides is 1. The Morgan fingerprint density at radius 1 is 1.16 bits per heavy atom. The lowest BCUT2D eigenvalue weighted by molar-refractivity contribution is 0.0564. The van der Waals surface area contributed by atoms with Crippen LogP contribution in [0.2, 0.25) is 0 Å². The van der Waals surface area contributed by atoms with E-state index >= 15 is 4.39 Å². The highest BCUT2D eigenvalue weighted by molar-refractivity contribution is 8.14. The number of hydrogen-bond acceptors (Lipinski definition) is 8. The van der Waals surface area contributed by atoms with Crippen molar-refractivity contribution in [2.24, 2.45) is 4.99 Å². The molecular weight excluding hydrogens is 500 g/mol. The van der Waals surface area contributed by atoms with Gasteiger partial charge in [-0.05, 0) is 61.0 Å². The molecule has 37 heavy (non-hydrogen) atoms. The zero-order valence-electron chi connectivity index (χ0n) is 21.8. The molecule has 0 aliphatic carbocycles. The van der Waals surface area contributed by atoms with E-state index in [0.29, 0.717) is 29.3 Å². The number of thioether (sulfide) groups is 1. The average Bonchev–Trinajstić information content (AvgIpc) is 3.10. The lowest BCUT2D eigenvalue weighted by atomic mass is 9.84. The molecular formula is C26H29F2N5O3S. The van der Waals surface area contributed by atoms with Gasteiger partial charge in [0.15, 0.2) is 5.17 Å². The zero-order valence-corrected chi connectivity index (χ0v) is 22.6. The molecule has 11 heteroatoms. The Balaban J connectivity index is 1.81. The molecule has 0 fully saturated rings. The van der Waals surface area contributed by atoms with Gasteiger partial charge in [-0.1, -0.05) is 16.9 Å². The first-order valence-corrected chi connectivity index (χ1v) is 12.6. The number of benzene rings is 1. The third kappa shape index (κ3) is 5.82. The van der Waals surface area contributed by atoms with E-state index in [9.17, 15) is 9.18 Å². The average molecular weight is 530 g/mol. The van der Waals surface area contributed by atoms with Gasteiger partial charge >= 0.3 is 6.09 Å². The highest BCUT2D eigenvalue weighted by atomic mass is 32.2. The highest BCUT2D eigenvalue weighted by Gasteiger charge is 2.41. The maximum Gasteiger partial charge on any atom is 0.413 e. The Kier molecular flexibility index (Phi) is 7.11. The number of halogens is 2. The van der Waals surface area contributed by atoms with Gasteiger partial charge in [-0.25, -0.2) is 23.5 Å². The molecule has 0 bridgehead atoms. The summed E-state index contributed by atoms with van der Waals surface area (Å²) in [5, 5.41) is 6.72. The second-order valence-electron chi connectivity index (χ2n) is 10.2. The molecule has 1 aliphatic rings. The summed E-state index contributed by atoms with van der Waals surface area (Å²) in [4.78, 5) is 25.6. The van der Waals surface area contributed by atoms with Crippen LogP contribution in [0.1, 0.15) is 67.8 Å². The van der Waals surface area contributed by atoms with Crippen LogP contribution in [0.5, 0.6) is 0 Å². The summed E-state index contributed by atoms with van der Waals surface area (Å²) in [6.07, 6.45) is 2.64. The molecule has 1 aromatic carbocycles. The van der Waals surface area contributed by atoms with E-state index in [1.807, 2.05) is 6.92 Å². The number of alkyl carbamates (subject to hydrolysis) is 1. The van der Waals surface area contributed by atoms with E-state index in [1.165, 1.54) is 30.2 Å². The summed E-state index contributed by atoms with van der Waals surface area (Å²) in [7, 11) is 0. The maximum absolute atomic E-state index is 15.4. The van der Waals surface area contributed by atoms with Crippen molar-refractivity contribution in [1.29, 1.82) is 0 Å². The van der Waals surface area contributed by atoms with Gasteiger partial charge in [0.05, 0.1) is 11.2 Å². The van der Waals surface area contributed by atoms with Crippen LogP contribution in [-0.2, 0) is 10.3 Å². The number of rotatable bonds is 3. The Labute approximate surface area is 218 Å². The topological polar surface area (TPSA) is 103 Å². The summed E-state index contributed by atoms with van der Waals surface area (Å²) >= 11 is 1.30. The van der Waals surface area contributed by atoms with Crippen molar-refractivity contribution in [3.63, 3.8) is 0 Å². The van der Waals surface area contributed by atoms with E-state index in [0.717, 1.165) is 11.6 Å². The predicted octanol–water partition coefficient (Wildman–Crippen LogP) is 6.31. The number of carbonyl (C=O) groups is 1. The van der Waals surface area contributed by atoms with Crippen molar-refractivity contribution in [1.82, 2.24) is 20.4 Å². The number of ether oxygens (including phenoxy) is 1. The van der Waals surface area contributed by atoms with E-state index in [1.54, 1.807) is 41.5 Å². The first-order chi connectivity index (χ1) is 17.3. The normalized spacial score (nSPS) is 19.9. The maximum atomic E-state index is 15.4. The van der Waals surface area contributed by atoms with Crippen LogP contribution in [0.15, 0.2) is 34.0 Å². The monoisotopic (exact) mass is 529 g/mol. The molecule has 0 radical (unpaired) electrons. The molecule has 0 saturated heterocycles. The molecule has 2 aromatic heterocycles. The SMILES string of the molecule is Cc1ncc(-c2cc([C@]3(C)C[C@@H](c4c(C)noc4C)SC(NC(=O)OC(C)(C)C)=N3)c(F)cc2F)cn1. The Bertz CT molecular complexity index is 1350. The van der Waals surface area contributed by atoms with Crippen LogP contribution < -0.4 is 5.32 Å². The second-order valence-corrected chi connectivity index (χ2v) is 11.4. The minimum absolute atomic E-state index is 0.154. The van der Waals surface area contributed by atoms with Crippen molar-refractivity contribution < 1.29 is 22.8 Å². The van der Waals surface area contributed by atoms with Crippen LogP contribution in [0.3, 0.4) is 0 Å². The van der Waals surface area contributed by atoms with Gasteiger partial charge in [0, 0.05) is 46.0 Å². The summed E-state index contributed by atoms with van der Waals surface area (Å²) in [6.45, 7) is 12.4. The summed E-state index contributed by atoms with van der Waals surface area (Å²) in [6, 6.07) is 2.28. The predicted molar refractivity (Wildman–Crippen MR) is 137 cm³/mol. The molecule has 1 N–H and O–H groups in total. The van der Waals surface area contributed by atoms with Crippen LogP contribution >= 0.6 is 11.8 Å². The van der Waals surface area contributed by atoms with Gasteiger partial charge in [-0.3, -0.25) is 10.3 Å². The number of amidine groups is 1. The van der Waals surface area contributed by atoms with Crippen molar-refractivity contribution in [2.75, 3.05) is 0 Å². The summed E-state index contributed by atoms with van der Waals surface area (Å²) in [5.74, 6) is -0.331. The fourth-order valence-corrected chi connectivity index (χ4v) is 5.81. The molecule has 0 saturated carbocycles. The van der Waals surface area contributed by atoms with Crippen LogP contribution in [0, 0.1) is 32.4 Å². The van der Waals surface area contributed by atoms with Crippen LogP contribution in [0.25, 0.3) is 11.1 Å². The molecule has 2 atom stereocenters. The highest BCUT2D eigenvalue weighted by Crippen LogP contribution is 2.49. The van der Waals surface area contributed by atoms with Crippen molar-refractivity contribution in [3.05, 3.63) is 64.6 Å². The largest absolute Gasteiger partial charge is 0.444 e. The Morgan fingerprint density at radius 2 is 1.84 bits per heavy atom. The van der Waals surface area contributed by atoms with Gasteiger partial charge in [0.25, 0.3) is 0 Å². The number of nitrogens with one attached hydrogen (secondary N) is 1. The molecule has 0 spiro atoms. The lowest BCUT2D eigenvalue weighted by Gasteiger charge is -2.36. The molecule has 196 valence electrons. The van der Waals surface area contributed by atoms with E-state index in [4.69, 9.17) is 14.3 Å². The fourth-order valence-electron chi connectivity index (χ4n) is 4.28. The van der Waals surface area contributed by atoms with E-state index < -0.39 is 28.9 Å². The minimum Gasteiger partial charge on any atom is -0.444 e. The Morgan fingerprint density at radius 3 is 2.43 bits per heavy atom. The number of aromatic nitrogens is 3. The number of aliphatic imine (C=N–C) groups is 1. The summed E-state index contributed by atoms with van der Waals surface area (Å²) < 4.78 is 41.1. The lowest BCUT2D eigenvalue weighted by Crippen LogP contribution is -2.39. The summed E-state index contributed by atoms with van der Waals surface area (Å²) in [5.41, 5.74) is 0.372. The molecule has 3 heterocycles. The number of hydrogen-bond donors (Lipinski definition) is 1. The van der Waals surface area contributed by atoms with Crippen LogP contribution in [0.4, 0.5) is 13.6 Å². The molecule has 3 aromatic rings. The van der Waals surface area contributed by atoms with Gasteiger partial charge in [-0.15, -0.1) is 0 Å². The van der Waals surface area contributed by atoms with Crippen molar-refractivity contribution in [3.8, 4) is 11.1 Å². The standard InChI is InChI=1S/C26H29F2N5O3S/c1-13-22(14(2)36-33-13)21-10-26(7,32-23(37-21)31-24(34)35-25(4,5)6)18-8-17(19(27)9-20(18)28)16-11-29-15(3)30-12-16/h8-9,11-12,21H,10H2,1-7H3,(H,31,32,34)/t21-,26-/m0/s1. The van der Waals surface area contributed by atoms with Crippen LogP contribution in [-0.4, -0.2) is 32.0 Å². The third-order valence-electron chi connectivity index (χ3n) is 5.93. The van der Waals surface area contributed by atoms with E-state index in [2.05, 4.69) is 20.4 Å². The molecule has 4 rings (SSSR count).